The molecule has 27 heavy (non-hydrogen) atoms. The van der Waals surface area contributed by atoms with Gasteiger partial charge in [-0.2, -0.15) is 0 Å². The van der Waals surface area contributed by atoms with E-state index in [1.54, 1.807) is 18.2 Å². The third-order valence-electron chi connectivity index (χ3n) is 4.67. The molecule has 0 aliphatic heterocycles. The van der Waals surface area contributed by atoms with Crippen LogP contribution < -0.4 is 5.56 Å². The molecule has 0 unspecified atom stereocenters. The summed E-state index contributed by atoms with van der Waals surface area (Å²) in [5.74, 6) is -0.470. The van der Waals surface area contributed by atoms with Crippen molar-refractivity contribution in [1.82, 2.24) is 14.5 Å². The molecule has 4 rings (SSSR count). The van der Waals surface area contributed by atoms with E-state index in [1.807, 2.05) is 37.3 Å². The summed E-state index contributed by atoms with van der Waals surface area (Å²) in [6.45, 7) is 1.99. The first kappa shape index (κ1) is 16.9. The van der Waals surface area contributed by atoms with Crippen LogP contribution in [-0.4, -0.2) is 27.6 Å². The van der Waals surface area contributed by atoms with E-state index in [4.69, 9.17) is 4.74 Å². The van der Waals surface area contributed by atoms with Gasteiger partial charge in [-0.1, -0.05) is 30.3 Å². The molecule has 134 valence electrons. The highest BCUT2D eigenvalue weighted by Crippen LogP contribution is 2.24. The number of ether oxygens (including phenoxy) is 1. The maximum atomic E-state index is 12.8. The number of methoxy groups -OCH3 is 1. The monoisotopic (exact) mass is 359 g/mol. The Hall–Kier alpha value is -3.54. The Bertz CT molecular complexity index is 1240. The lowest BCUT2D eigenvalue weighted by molar-refractivity contribution is 0.0598. The van der Waals surface area contributed by atoms with Gasteiger partial charge in [-0.3, -0.25) is 9.36 Å². The van der Waals surface area contributed by atoms with Gasteiger partial charge in [0.2, 0.25) is 0 Å². The average Bonchev–Trinajstić information content (AvgIpc) is 2.70. The van der Waals surface area contributed by atoms with Gasteiger partial charge >= 0.3 is 5.97 Å². The van der Waals surface area contributed by atoms with Crippen molar-refractivity contribution >= 4 is 27.8 Å². The van der Waals surface area contributed by atoms with Crippen LogP contribution in [0.1, 0.15) is 21.6 Å². The van der Waals surface area contributed by atoms with Crippen LogP contribution in [0.15, 0.2) is 59.7 Å². The number of rotatable bonds is 3. The van der Waals surface area contributed by atoms with Crippen LogP contribution in [0.2, 0.25) is 0 Å². The number of aryl methyl sites for hydroxylation is 1. The van der Waals surface area contributed by atoms with Gasteiger partial charge in [0.25, 0.3) is 5.56 Å². The Morgan fingerprint density at radius 2 is 1.70 bits per heavy atom. The van der Waals surface area contributed by atoms with E-state index in [0.717, 1.165) is 16.5 Å². The summed E-state index contributed by atoms with van der Waals surface area (Å²) in [6.07, 6.45) is 1.48. The minimum atomic E-state index is -0.470. The highest BCUT2D eigenvalue weighted by molar-refractivity contribution is 5.98. The van der Waals surface area contributed by atoms with Crippen LogP contribution in [0.3, 0.4) is 0 Å². The fourth-order valence-electron chi connectivity index (χ4n) is 3.31. The number of fused-ring (bicyclic) bond motifs is 2. The van der Waals surface area contributed by atoms with E-state index in [1.165, 1.54) is 18.0 Å². The molecule has 0 radical (unpaired) electrons. The second-order valence-electron chi connectivity index (χ2n) is 6.26. The quantitative estimate of drug-likeness (QED) is 0.526. The summed E-state index contributed by atoms with van der Waals surface area (Å²) in [6, 6.07) is 14.7. The third kappa shape index (κ3) is 2.85. The molecule has 2 aromatic carbocycles. The van der Waals surface area contributed by atoms with Gasteiger partial charge in [0, 0.05) is 5.39 Å². The van der Waals surface area contributed by atoms with Crippen LogP contribution >= 0.6 is 0 Å². The topological polar surface area (TPSA) is 74.1 Å². The lowest BCUT2D eigenvalue weighted by Gasteiger charge is -2.14. The highest BCUT2D eigenvalue weighted by atomic mass is 16.5. The number of nitrogens with zero attached hydrogens (tertiary/aromatic N) is 3. The maximum Gasteiger partial charge on any atom is 0.340 e. The summed E-state index contributed by atoms with van der Waals surface area (Å²) < 4.78 is 6.43. The fraction of sp³-hybridized carbons (Fsp3) is 0.143. The van der Waals surface area contributed by atoms with Crippen molar-refractivity contribution in [1.29, 1.82) is 0 Å². The van der Waals surface area contributed by atoms with Crippen LogP contribution in [-0.2, 0) is 11.3 Å². The third-order valence-corrected chi connectivity index (χ3v) is 4.67. The Balaban J connectivity index is 1.92. The number of para-hydroxylation sites is 2. The molecule has 0 atom stereocenters. The number of carbonyl (C=O) groups excluding carboxylic acids is 1. The van der Waals surface area contributed by atoms with E-state index < -0.39 is 5.97 Å². The van der Waals surface area contributed by atoms with E-state index in [-0.39, 0.29) is 12.1 Å². The molecule has 0 saturated carbocycles. The molecule has 0 aliphatic carbocycles. The van der Waals surface area contributed by atoms with E-state index >= 15 is 0 Å². The molecule has 0 amide bonds. The summed E-state index contributed by atoms with van der Waals surface area (Å²) in [7, 11) is 1.34. The largest absolute Gasteiger partial charge is 0.465 e. The van der Waals surface area contributed by atoms with Gasteiger partial charge in [0.15, 0.2) is 0 Å². The summed E-state index contributed by atoms with van der Waals surface area (Å²) in [5, 5.41) is 1.41. The Labute approximate surface area is 155 Å². The van der Waals surface area contributed by atoms with Crippen molar-refractivity contribution in [2.24, 2.45) is 0 Å². The smallest absolute Gasteiger partial charge is 0.340 e. The van der Waals surface area contributed by atoms with Crippen LogP contribution in [0.5, 0.6) is 0 Å². The molecule has 0 fully saturated rings. The van der Waals surface area contributed by atoms with Gasteiger partial charge in [-0.05, 0) is 30.7 Å². The highest BCUT2D eigenvalue weighted by Gasteiger charge is 2.20. The van der Waals surface area contributed by atoms with Crippen molar-refractivity contribution in [3.05, 3.63) is 82.0 Å². The molecule has 0 N–H and O–H groups in total. The predicted molar refractivity (Wildman–Crippen MR) is 103 cm³/mol. The normalized spacial score (nSPS) is 11.0. The van der Waals surface area contributed by atoms with E-state index in [2.05, 4.69) is 9.97 Å². The van der Waals surface area contributed by atoms with Crippen molar-refractivity contribution in [3.8, 4) is 0 Å². The minimum absolute atomic E-state index is 0.132. The predicted octanol–water partition coefficient (Wildman–Crippen LogP) is 3.09. The molecule has 4 aromatic rings. The van der Waals surface area contributed by atoms with Crippen LogP contribution in [0.4, 0.5) is 0 Å². The zero-order valence-electron chi connectivity index (χ0n) is 15.0. The Morgan fingerprint density at radius 1 is 1.04 bits per heavy atom. The Kier molecular flexibility index (Phi) is 4.16. The average molecular weight is 359 g/mol. The standard InChI is InChI=1S/C21H17N3O3/c1-13-14-7-3-6-10-17(14)23-18(19(13)21(26)27-2)11-24-12-22-16-9-5-4-8-15(16)20(24)25/h3-10,12H,11H2,1-2H3. The lowest BCUT2D eigenvalue weighted by atomic mass is 10.0. The van der Waals surface area contributed by atoms with Crippen LogP contribution in [0.25, 0.3) is 21.8 Å². The molecule has 6 heteroatoms. The second kappa shape index (κ2) is 6.64. The molecule has 0 bridgehead atoms. The summed E-state index contributed by atoms with van der Waals surface area (Å²) in [4.78, 5) is 34.2. The number of hydrogen-bond donors (Lipinski definition) is 0. The SMILES string of the molecule is COC(=O)c1c(Cn2cnc3ccccc3c2=O)nc2ccccc2c1C. The second-order valence-corrected chi connectivity index (χ2v) is 6.26. The van der Waals surface area contributed by atoms with E-state index in [9.17, 15) is 9.59 Å². The number of aromatic nitrogens is 3. The first-order chi connectivity index (χ1) is 13.1. The molecule has 6 nitrogen and oxygen atoms in total. The lowest BCUT2D eigenvalue weighted by Crippen LogP contribution is -2.23. The molecule has 0 spiro atoms. The van der Waals surface area contributed by atoms with Gasteiger partial charge in [0.1, 0.15) is 0 Å². The van der Waals surface area contributed by atoms with Gasteiger partial charge in [-0.15, -0.1) is 0 Å². The zero-order chi connectivity index (χ0) is 19.0. The molecular weight excluding hydrogens is 342 g/mol. The molecule has 0 aliphatic rings. The van der Waals surface area contributed by atoms with Crippen molar-refractivity contribution in [2.45, 2.75) is 13.5 Å². The van der Waals surface area contributed by atoms with Gasteiger partial charge in [0.05, 0.1) is 47.7 Å². The van der Waals surface area contributed by atoms with Crippen molar-refractivity contribution in [2.75, 3.05) is 7.11 Å². The first-order valence-electron chi connectivity index (χ1n) is 8.51. The first-order valence-corrected chi connectivity index (χ1v) is 8.51. The Morgan fingerprint density at radius 3 is 2.44 bits per heavy atom. The number of pyridine rings is 1. The molecule has 0 saturated heterocycles. The number of benzene rings is 2. The molecule has 2 heterocycles. The number of hydrogen-bond acceptors (Lipinski definition) is 5. The number of carbonyl (C=O) groups is 1. The minimum Gasteiger partial charge on any atom is -0.465 e. The zero-order valence-corrected chi connectivity index (χ0v) is 15.0. The summed E-state index contributed by atoms with van der Waals surface area (Å²) in [5.41, 5.74) is 2.87. The fourth-order valence-corrected chi connectivity index (χ4v) is 3.31. The molecule has 2 aromatic heterocycles. The van der Waals surface area contributed by atoms with Crippen LogP contribution in [0, 0.1) is 6.92 Å². The van der Waals surface area contributed by atoms with Gasteiger partial charge < -0.3 is 4.74 Å². The van der Waals surface area contributed by atoms with Gasteiger partial charge in [-0.25, -0.2) is 14.8 Å². The molecular formula is C21H17N3O3. The number of esters is 1. The summed E-state index contributed by atoms with van der Waals surface area (Å²) >= 11 is 0. The van der Waals surface area contributed by atoms with E-state index in [0.29, 0.717) is 22.2 Å². The van der Waals surface area contributed by atoms with Crippen molar-refractivity contribution in [3.63, 3.8) is 0 Å². The maximum absolute atomic E-state index is 12.8. The van der Waals surface area contributed by atoms with Crippen molar-refractivity contribution < 1.29 is 9.53 Å².